The number of H-pyrrole nitrogens is 1. The minimum absolute atomic E-state index is 0.283. The Morgan fingerprint density at radius 1 is 1.42 bits per heavy atom. The highest BCUT2D eigenvalue weighted by molar-refractivity contribution is 6.36. The molecule has 4 N–H and O–H groups in total. The van der Waals surface area contributed by atoms with E-state index in [9.17, 15) is 4.79 Å². The molecule has 1 aromatic heterocycles. The molecule has 0 atom stereocenters. The minimum Gasteiger partial charge on any atom is -0.370 e. The molecule has 0 unspecified atom stereocenters. The fourth-order valence-corrected chi connectivity index (χ4v) is 2.39. The Hall–Kier alpha value is -1.52. The van der Waals surface area contributed by atoms with E-state index in [4.69, 9.17) is 17.3 Å². The van der Waals surface area contributed by atoms with Crippen LogP contribution in [0.4, 0.5) is 0 Å². The van der Waals surface area contributed by atoms with E-state index in [0.29, 0.717) is 6.54 Å². The monoisotopic (exact) mass is 279 g/mol. The van der Waals surface area contributed by atoms with Gasteiger partial charge in [-0.3, -0.25) is 4.79 Å². The Bertz CT molecular complexity index is 604. The Morgan fingerprint density at radius 2 is 2.11 bits per heavy atom. The first-order chi connectivity index (χ1) is 8.89. The van der Waals surface area contributed by atoms with Gasteiger partial charge in [0, 0.05) is 35.1 Å². The molecule has 0 aliphatic carbocycles. The Labute approximate surface area is 117 Å². The molecule has 0 aliphatic rings. The molecule has 0 spiro atoms. The van der Waals surface area contributed by atoms with Gasteiger partial charge < -0.3 is 16.0 Å². The normalized spacial score (nSPS) is 11.9. The number of rotatable bonds is 5. The number of nitrogens with one attached hydrogen (secondary N) is 2. The molecular formula is C14H18ClN3O. The first kappa shape index (κ1) is 13.9. The van der Waals surface area contributed by atoms with Crippen molar-refractivity contribution in [3.63, 3.8) is 0 Å². The number of carbonyl (C=O) groups is 1. The molecule has 0 aliphatic heterocycles. The van der Waals surface area contributed by atoms with Gasteiger partial charge in [-0.15, -0.1) is 0 Å². The maximum Gasteiger partial charge on any atom is 0.219 e. The first-order valence-electron chi connectivity index (χ1n) is 6.17. The average Bonchev–Trinajstić information content (AvgIpc) is 2.63. The van der Waals surface area contributed by atoms with Crippen LogP contribution in [0.25, 0.3) is 10.9 Å². The lowest BCUT2D eigenvalue weighted by atomic mass is 10.0. The highest BCUT2D eigenvalue weighted by atomic mass is 35.5. The summed E-state index contributed by atoms with van der Waals surface area (Å²) in [6, 6.07) is 7.88. The predicted octanol–water partition coefficient (Wildman–Crippen LogP) is 2.56. The molecule has 102 valence electrons. The molecule has 1 amide bonds. The second kappa shape index (κ2) is 5.23. The van der Waals surface area contributed by atoms with Gasteiger partial charge in [-0.25, -0.2) is 0 Å². The van der Waals surface area contributed by atoms with Gasteiger partial charge in [0.25, 0.3) is 0 Å². The van der Waals surface area contributed by atoms with Crippen molar-refractivity contribution >= 4 is 28.4 Å². The molecule has 0 saturated carbocycles. The van der Waals surface area contributed by atoms with E-state index < -0.39 is 0 Å². The van der Waals surface area contributed by atoms with Crippen molar-refractivity contribution < 1.29 is 4.79 Å². The molecule has 2 rings (SSSR count). The second-order valence-corrected chi connectivity index (χ2v) is 5.72. The summed E-state index contributed by atoms with van der Waals surface area (Å²) in [6.45, 7) is 4.44. The van der Waals surface area contributed by atoms with Crippen LogP contribution in [0.3, 0.4) is 0 Å². The maximum absolute atomic E-state index is 11.0. The van der Waals surface area contributed by atoms with Crippen molar-refractivity contribution in [3.05, 3.63) is 35.0 Å². The maximum atomic E-state index is 11.0. The standard InChI is InChI=1S/C14H18ClN3O/c1-14(2,7-12(16)19)17-8-11-13(15)9-5-3-4-6-10(9)18-11/h3-6,17-18H,7-8H2,1-2H3,(H2,16,19). The number of hydrogen-bond donors (Lipinski definition) is 3. The number of para-hydroxylation sites is 1. The summed E-state index contributed by atoms with van der Waals surface area (Å²) < 4.78 is 0. The van der Waals surface area contributed by atoms with Crippen LogP contribution in [0.5, 0.6) is 0 Å². The van der Waals surface area contributed by atoms with Crippen molar-refractivity contribution in [2.75, 3.05) is 0 Å². The van der Waals surface area contributed by atoms with E-state index in [-0.39, 0.29) is 17.9 Å². The number of primary amides is 1. The predicted molar refractivity (Wildman–Crippen MR) is 78.0 cm³/mol. The summed E-state index contributed by atoms with van der Waals surface area (Å²) in [6.07, 6.45) is 0.283. The van der Waals surface area contributed by atoms with Gasteiger partial charge in [0.2, 0.25) is 5.91 Å². The Morgan fingerprint density at radius 3 is 2.74 bits per heavy atom. The number of hydrogen-bond acceptors (Lipinski definition) is 2. The molecule has 19 heavy (non-hydrogen) atoms. The van der Waals surface area contributed by atoms with Gasteiger partial charge in [0.1, 0.15) is 0 Å². The molecule has 0 bridgehead atoms. The third kappa shape index (κ3) is 3.28. The highest BCUT2D eigenvalue weighted by Crippen LogP contribution is 2.27. The van der Waals surface area contributed by atoms with Crippen LogP contribution >= 0.6 is 11.6 Å². The molecule has 4 nitrogen and oxygen atoms in total. The van der Waals surface area contributed by atoms with Gasteiger partial charge in [0.05, 0.1) is 5.02 Å². The topological polar surface area (TPSA) is 70.9 Å². The zero-order valence-electron chi connectivity index (χ0n) is 11.1. The number of halogens is 1. The van der Waals surface area contributed by atoms with E-state index in [1.54, 1.807) is 0 Å². The third-order valence-electron chi connectivity index (χ3n) is 3.07. The summed E-state index contributed by atoms with van der Waals surface area (Å²) in [7, 11) is 0. The third-order valence-corrected chi connectivity index (χ3v) is 3.51. The molecular weight excluding hydrogens is 262 g/mol. The summed E-state index contributed by atoms with van der Waals surface area (Å²) >= 11 is 6.33. The lowest BCUT2D eigenvalue weighted by Crippen LogP contribution is -2.42. The lowest BCUT2D eigenvalue weighted by molar-refractivity contribution is -0.119. The highest BCUT2D eigenvalue weighted by Gasteiger charge is 2.20. The minimum atomic E-state index is -0.355. The largest absolute Gasteiger partial charge is 0.370 e. The first-order valence-corrected chi connectivity index (χ1v) is 6.55. The smallest absolute Gasteiger partial charge is 0.219 e. The van der Waals surface area contributed by atoms with Gasteiger partial charge in [-0.1, -0.05) is 29.8 Å². The van der Waals surface area contributed by atoms with Crippen molar-refractivity contribution in [3.8, 4) is 0 Å². The van der Waals surface area contributed by atoms with Crippen LogP contribution < -0.4 is 11.1 Å². The number of benzene rings is 1. The van der Waals surface area contributed by atoms with Crippen LogP contribution in [-0.2, 0) is 11.3 Å². The second-order valence-electron chi connectivity index (χ2n) is 5.34. The Balaban J connectivity index is 2.14. The number of aromatic amines is 1. The van der Waals surface area contributed by atoms with E-state index in [0.717, 1.165) is 21.6 Å². The SMILES string of the molecule is CC(C)(CC(N)=O)NCc1[nH]c2ccccc2c1Cl. The molecule has 5 heteroatoms. The lowest BCUT2D eigenvalue weighted by Gasteiger charge is -2.24. The average molecular weight is 280 g/mol. The van der Waals surface area contributed by atoms with E-state index >= 15 is 0 Å². The van der Waals surface area contributed by atoms with Gasteiger partial charge in [0.15, 0.2) is 0 Å². The van der Waals surface area contributed by atoms with Crippen LogP contribution in [0, 0.1) is 0 Å². The van der Waals surface area contributed by atoms with Crippen LogP contribution in [0.1, 0.15) is 26.0 Å². The molecule has 1 aromatic carbocycles. The van der Waals surface area contributed by atoms with E-state index in [2.05, 4.69) is 10.3 Å². The van der Waals surface area contributed by atoms with Crippen LogP contribution in [-0.4, -0.2) is 16.4 Å². The zero-order chi connectivity index (χ0) is 14.0. The van der Waals surface area contributed by atoms with Crippen molar-refractivity contribution in [2.45, 2.75) is 32.4 Å². The Kier molecular flexibility index (Phi) is 3.83. The molecule has 1 heterocycles. The summed E-state index contributed by atoms with van der Waals surface area (Å²) in [5, 5.41) is 5.02. The fourth-order valence-electron chi connectivity index (χ4n) is 2.11. The number of carbonyl (C=O) groups excluding carboxylic acids is 1. The quantitative estimate of drug-likeness (QED) is 0.787. The van der Waals surface area contributed by atoms with Gasteiger partial charge in [-0.05, 0) is 19.9 Å². The summed E-state index contributed by atoms with van der Waals surface area (Å²) in [5.74, 6) is -0.319. The van der Waals surface area contributed by atoms with Crippen LogP contribution in [0.2, 0.25) is 5.02 Å². The number of aromatic nitrogens is 1. The van der Waals surface area contributed by atoms with Crippen LogP contribution in [0.15, 0.2) is 24.3 Å². The number of fused-ring (bicyclic) bond motifs is 1. The molecule has 2 aromatic rings. The van der Waals surface area contributed by atoms with Crippen molar-refractivity contribution in [1.29, 1.82) is 0 Å². The fraction of sp³-hybridized carbons (Fsp3) is 0.357. The van der Waals surface area contributed by atoms with Gasteiger partial charge in [-0.2, -0.15) is 0 Å². The van der Waals surface area contributed by atoms with E-state index in [1.807, 2.05) is 38.1 Å². The molecule has 0 saturated heterocycles. The van der Waals surface area contributed by atoms with Gasteiger partial charge >= 0.3 is 0 Å². The molecule has 0 radical (unpaired) electrons. The zero-order valence-corrected chi connectivity index (χ0v) is 11.8. The summed E-state index contributed by atoms with van der Waals surface area (Å²) in [4.78, 5) is 14.3. The summed E-state index contributed by atoms with van der Waals surface area (Å²) in [5.41, 5.74) is 6.80. The van der Waals surface area contributed by atoms with Crippen molar-refractivity contribution in [2.24, 2.45) is 5.73 Å². The molecule has 0 fully saturated rings. The number of nitrogens with two attached hydrogens (primary N) is 1. The van der Waals surface area contributed by atoms with E-state index in [1.165, 1.54) is 0 Å². The number of amides is 1. The van der Waals surface area contributed by atoms with Crippen molar-refractivity contribution in [1.82, 2.24) is 10.3 Å².